The molecule has 1 aromatic heterocycles. The highest BCUT2D eigenvalue weighted by atomic mass is 32.1. The molecule has 26 heavy (non-hydrogen) atoms. The first-order chi connectivity index (χ1) is 12.6. The Hall–Kier alpha value is -3.32. The number of aromatic nitrogens is 1. The van der Waals surface area contributed by atoms with Gasteiger partial charge in [-0.1, -0.05) is 29.5 Å². The third kappa shape index (κ3) is 2.49. The number of amides is 3. The Morgan fingerprint density at radius 1 is 1.15 bits per heavy atom. The van der Waals surface area contributed by atoms with Gasteiger partial charge in [0, 0.05) is 12.1 Å². The van der Waals surface area contributed by atoms with Crippen molar-refractivity contribution in [3.63, 3.8) is 0 Å². The van der Waals surface area contributed by atoms with E-state index in [0.29, 0.717) is 33.9 Å². The number of thiazole rings is 1. The molecular formula is C19H13N3O3S. The Bertz CT molecular complexity index is 1050. The molecule has 0 unspecified atom stereocenters. The van der Waals surface area contributed by atoms with E-state index in [-0.39, 0.29) is 17.7 Å². The van der Waals surface area contributed by atoms with E-state index < -0.39 is 0 Å². The molecule has 7 heteroatoms. The maximum atomic E-state index is 12.6. The van der Waals surface area contributed by atoms with E-state index in [1.165, 1.54) is 11.3 Å². The third-order valence-electron chi connectivity index (χ3n) is 4.03. The van der Waals surface area contributed by atoms with Crippen molar-refractivity contribution in [2.45, 2.75) is 0 Å². The molecule has 128 valence electrons. The lowest BCUT2D eigenvalue weighted by Crippen LogP contribution is -2.29. The molecule has 0 saturated carbocycles. The van der Waals surface area contributed by atoms with Crippen molar-refractivity contribution in [1.29, 1.82) is 0 Å². The first-order valence-corrected chi connectivity index (χ1v) is 8.69. The molecule has 2 aromatic carbocycles. The lowest BCUT2D eigenvalue weighted by Gasteiger charge is -2.08. The molecule has 0 atom stereocenters. The van der Waals surface area contributed by atoms with Crippen molar-refractivity contribution in [1.82, 2.24) is 10.3 Å². The maximum Gasteiger partial charge on any atom is 0.268 e. The predicted octanol–water partition coefficient (Wildman–Crippen LogP) is 3.01. The molecule has 1 aliphatic rings. The maximum absolute atomic E-state index is 12.6. The van der Waals surface area contributed by atoms with Gasteiger partial charge in [0.1, 0.15) is 0 Å². The van der Waals surface area contributed by atoms with E-state index in [4.69, 9.17) is 0 Å². The van der Waals surface area contributed by atoms with Crippen molar-refractivity contribution < 1.29 is 14.4 Å². The molecule has 6 nitrogen and oxygen atoms in total. The van der Waals surface area contributed by atoms with Gasteiger partial charge in [0.25, 0.3) is 17.7 Å². The number of carbonyl (C=O) groups is 3. The summed E-state index contributed by atoms with van der Waals surface area (Å²) in [6.45, 7) is 3.94. The summed E-state index contributed by atoms with van der Waals surface area (Å²) in [7, 11) is 0. The van der Waals surface area contributed by atoms with Crippen LogP contribution in [-0.2, 0) is 0 Å². The summed E-state index contributed by atoms with van der Waals surface area (Å²) in [5, 5.41) is 3.01. The van der Waals surface area contributed by atoms with Crippen LogP contribution in [0.2, 0.25) is 0 Å². The quantitative estimate of drug-likeness (QED) is 0.571. The second kappa shape index (κ2) is 6.20. The highest BCUT2D eigenvalue weighted by molar-refractivity contribution is 7.22. The number of anilines is 1. The summed E-state index contributed by atoms with van der Waals surface area (Å²) < 4.78 is 0.725. The first kappa shape index (κ1) is 16.2. The fraction of sp³-hybridized carbons (Fsp3) is 0.0526. The molecule has 1 N–H and O–H groups in total. The molecule has 0 saturated heterocycles. The van der Waals surface area contributed by atoms with Gasteiger partial charge in [0.2, 0.25) is 5.13 Å². The Kier molecular flexibility index (Phi) is 3.85. The van der Waals surface area contributed by atoms with Crippen molar-refractivity contribution in [3.8, 4) is 0 Å². The fourth-order valence-electron chi connectivity index (χ4n) is 2.78. The predicted molar refractivity (Wildman–Crippen MR) is 99.7 cm³/mol. The lowest BCUT2D eigenvalue weighted by molar-refractivity contribution is 0.0922. The topological polar surface area (TPSA) is 79.4 Å². The number of carbonyl (C=O) groups excluding carboxylic acids is 3. The van der Waals surface area contributed by atoms with E-state index in [1.807, 2.05) is 0 Å². The van der Waals surface area contributed by atoms with E-state index in [0.717, 1.165) is 9.60 Å². The lowest BCUT2D eigenvalue weighted by atomic mass is 10.1. The normalized spacial score (nSPS) is 13.2. The van der Waals surface area contributed by atoms with Crippen LogP contribution in [0, 0.1) is 0 Å². The van der Waals surface area contributed by atoms with Crippen LogP contribution in [-0.4, -0.2) is 29.3 Å². The number of benzene rings is 2. The molecule has 3 amide bonds. The van der Waals surface area contributed by atoms with Crippen LogP contribution in [0.25, 0.3) is 10.2 Å². The Morgan fingerprint density at radius 3 is 2.50 bits per heavy atom. The average Bonchev–Trinajstić information content (AvgIpc) is 3.18. The Labute approximate surface area is 152 Å². The standard InChI is InChI=1S/C19H13N3O3S/c1-2-9-20-16(23)11-7-8-14-15(10-11)26-19(21-14)22-17(24)12-5-3-4-6-13(12)18(22)25/h2-8,10H,1,9H2,(H,20,23). The number of hydrogen-bond donors (Lipinski definition) is 1. The van der Waals surface area contributed by atoms with E-state index in [1.54, 1.807) is 48.5 Å². The largest absolute Gasteiger partial charge is 0.349 e. The summed E-state index contributed by atoms with van der Waals surface area (Å²) in [6.07, 6.45) is 1.60. The number of hydrogen-bond acceptors (Lipinski definition) is 5. The molecular weight excluding hydrogens is 350 g/mol. The minimum absolute atomic E-state index is 0.220. The summed E-state index contributed by atoms with van der Waals surface area (Å²) >= 11 is 1.20. The van der Waals surface area contributed by atoms with Gasteiger partial charge in [0.15, 0.2) is 0 Å². The van der Waals surface area contributed by atoms with Crippen LogP contribution in [0.15, 0.2) is 55.1 Å². The molecule has 4 rings (SSSR count). The zero-order chi connectivity index (χ0) is 18.3. The Morgan fingerprint density at radius 2 is 1.85 bits per heavy atom. The molecule has 1 aliphatic heterocycles. The fourth-order valence-corrected chi connectivity index (χ4v) is 3.78. The molecule has 2 heterocycles. The summed E-state index contributed by atoms with van der Waals surface area (Å²) in [5.41, 5.74) is 1.86. The SMILES string of the molecule is C=CCNC(=O)c1ccc2nc(N3C(=O)c4ccccc4C3=O)sc2c1. The average molecular weight is 363 g/mol. The van der Waals surface area contributed by atoms with Gasteiger partial charge in [0.05, 0.1) is 21.3 Å². The van der Waals surface area contributed by atoms with Crippen LogP contribution in [0.1, 0.15) is 31.1 Å². The minimum atomic E-state index is -0.381. The van der Waals surface area contributed by atoms with Gasteiger partial charge >= 0.3 is 0 Å². The number of fused-ring (bicyclic) bond motifs is 2. The molecule has 0 aliphatic carbocycles. The van der Waals surface area contributed by atoms with Gasteiger partial charge in [-0.15, -0.1) is 6.58 Å². The van der Waals surface area contributed by atoms with Crippen LogP contribution in [0.4, 0.5) is 5.13 Å². The minimum Gasteiger partial charge on any atom is -0.349 e. The second-order valence-electron chi connectivity index (χ2n) is 5.67. The van der Waals surface area contributed by atoms with Crippen molar-refractivity contribution in [2.75, 3.05) is 11.4 Å². The first-order valence-electron chi connectivity index (χ1n) is 7.87. The van der Waals surface area contributed by atoms with Gasteiger partial charge in [-0.25, -0.2) is 9.88 Å². The highest BCUT2D eigenvalue weighted by Crippen LogP contribution is 2.34. The number of nitrogens with one attached hydrogen (secondary N) is 1. The van der Waals surface area contributed by atoms with Gasteiger partial charge in [-0.3, -0.25) is 14.4 Å². The smallest absolute Gasteiger partial charge is 0.268 e. The van der Waals surface area contributed by atoms with Crippen molar-refractivity contribution in [2.24, 2.45) is 0 Å². The van der Waals surface area contributed by atoms with Crippen LogP contribution in [0.5, 0.6) is 0 Å². The van der Waals surface area contributed by atoms with Crippen LogP contribution < -0.4 is 10.2 Å². The molecule has 0 spiro atoms. The van der Waals surface area contributed by atoms with Gasteiger partial charge < -0.3 is 5.32 Å². The zero-order valence-corrected chi connectivity index (χ0v) is 14.4. The number of imide groups is 1. The summed E-state index contributed by atoms with van der Waals surface area (Å²) in [4.78, 5) is 42.7. The van der Waals surface area contributed by atoms with Crippen LogP contribution >= 0.6 is 11.3 Å². The third-order valence-corrected chi connectivity index (χ3v) is 5.03. The highest BCUT2D eigenvalue weighted by Gasteiger charge is 2.38. The van der Waals surface area contributed by atoms with Crippen LogP contribution in [0.3, 0.4) is 0 Å². The van der Waals surface area contributed by atoms with Crippen molar-refractivity contribution >= 4 is 44.4 Å². The van der Waals surface area contributed by atoms with Gasteiger partial charge in [-0.2, -0.15) is 0 Å². The van der Waals surface area contributed by atoms with E-state index in [2.05, 4.69) is 16.9 Å². The molecule has 3 aromatic rings. The van der Waals surface area contributed by atoms with Gasteiger partial charge in [-0.05, 0) is 30.3 Å². The summed E-state index contributed by atoms with van der Waals surface area (Å²) in [5.74, 6) is -0.982. The van der Waals surface area contributed by atoms with E-state index in [9.17, 15) is 14.4 Å². The Balaban J connectivity index is 1.70. The van der Waals surface area contributed by atoms with E-state index >= 15 is 0 Å². The number of nitrogens with zero attached hydrogens (tertiary/aromatic N) is 2. The summed E-state index contributed by atoms with van der Waals surface area (Å²) in [6, 6.07) is 11.8. The molecule has 0 fully saturated rings. The zero-order valence-electron chi connectivity index (χ0n) is 13.6. The molecule has 0 radical (unpaired) electrons. The molecule has 0 bridgehead atoms. The monoisotopic (exact) mass is 363 g/mol. The van der Waals surface area contributed by atoms with Crippen molar-refractivity contribution in [3.05, 3.63) is 71.8 Å². The number of rotatable bonds is 4. The second-order valence-corrected chi connectivity index (χ2v) is 6.68.